The highest BCUT2D eigenvalue weighted by atomic mass is 32.1. The SMILES string of the molecule is Nc1nc2ccc(F)c(F)c2n1-c1ccsc1. The van der Waals surface area contributed by atoms with Crippen molar-refractivity contribution in [1.82, 2.24) is 9.55 Å². The van der Waals surface area contributed by atoms with Crippen LogP contribution in [0.3, 0.4) is 0 Å². The molecule has 86 valence electrons. The Balaban J connectivity index is 2.45. The second-order valence-corrected chi connectivity index (χ2v) is 4.30. The number of nitrogen functional groups attached to an aromatic ring is 1. The van der Waals surface area contributed by atoms with Crippen molar-refractivity contribution in [2.24, 2.45) is 0 Å². The van der Waals surface area contributed by atoms with E-state index in [-0.39, 0.29) is 11.5 Å². The van der Waals surface area contributed by atoms with Crippen LogP contribution in [0, 0.1) is 11.6 Å². The van der Waals surface area contributed by atoms with Gasteiger partial charge in [-0.15, -0.1) is 0 Å². The average Bonchev–Trinajstić information content (AvgIpc) is 2.90. The minimum absolute atomic E-state index is 0.0703. The average molecular weight is 251 g/mol. The van der Waals surface area contributed by atoms with Crippen LogP contribution in [0.2, 0.25) is 0 Å². The third kappa shape index (κ3) is 1.41. The summed E-state index contributed by atoms with van der Waals surface area (Å²) in [6.45, 7) is 0. The first kappa shape index (κ1) is 10.2. The molecule has 2 N–H and O–H groups in total. The molecule has 0 fully saturated rings. The van der Waals surface area contributed by atoms with Crippen LogP contribution in [0.15, 0.2) is 29.0 Å². The van der Waals surface area contributed by atoms with Crippen molar-refractivity contribution in [3.63, 3.8) is 0 Å². The van der Waals surface area contributed by atoms with Gasteiger partial charge in [-0.2, -0.15) is 11.3 Å². The molecule has 0 spiro atoms. The third-order valence-electron chi connectivity index (χ3n) is 2.50. The van der Waals surface area contributed by atoms with E-state index in [0.29, 0.717) is 11.2 Å². The number of fused-ring (bicyclic) bond motifs is 1. The van der Waals surface area contributed by atoms with Gasteiger partial charge in [0.25, 0.3) is 0 Å². The van der Waals surface area contributed by atoms with Gasteiger partial charge in [0.2, 0.25) is 5.95 Å². The highest BCUT2D eigenvalue weighted by Crippen LogP contribution is 2.27. The molecule has 0 unspecified atom stereocenters. The summed E-state index contributed by atoms with van der Waals surface area (Å²) in [6.07, 6.45) is 0. The quantitative estimate of drug-likeness (QED) is 0.722. The van der Waals surface area contributed by atoms with Crippen molar-refractivity contribution < 1.29 is 8.78 Å². The number of hydrogen-bond acceptors (Lipinski definition) is 3. The maximum atomic E-state index is 13.8. The molecule has 3 aromatic rings. The lowest BCUT2D eigenvalue weighted by Gasteiger charge is -2.03. The lowest BCUT2D eigenvalue weighted by atomic mass is 10.3. The van der Waals surface area contributed by atoms with E-state index in [4.69, 9.17) is 5.73 Å². The van der Waals surface area contributed by atoms with Gasteiger partial charge in [0.05, 0.1) is 11.2 Å². The first-order valence-corrected chi connectivity index (χ1v) is 5.77. The molecule has 0 saturated heterocycles. The van der Waals surface area contributed by atoms with Gasteiger partial charge in [-0.3, -0.25) is 4.57 Å². The largest absolute Gasteiger partial charge is 0.369 e. The van der Waals surface area contributed by atoms with E-state index in [0.717, 1.165) is 6.07 Å². The molecule has 3 nitrogen and oxygen atoms in total. The molecule has 0 aliphatic rings. The summed E-state index contributed by atoms with van der Waals surface area (Å²) in [6, 6.07) is 4.22. The lowest BCUT2D eigenvalue weighted by Crippen LogP contribution is -2.00. The van der Waals surface area contributed by atoms with E-state index in [9.17, 15) is 8.78 Å². The van der Waals surface area contributed by atoms with Gasteiger partial charge in [-0.05, 0) is 23.6 Å². The van der Waals surface area contributed by atoms with E-state index in [1.807, 2.05) is 5.38 Å². The van der Waals surface area contributed by atoms with Crippen molar-refractivity contribution >= 4 is 28.3 Å². The monoisotopic (exact) mass is 251 g/mol. The Bertz CT molecular complexity index is 688. The van der Waals surface area contributed by atoms with Crippen molar-refractivity contribution in [3.8, 4) is 5.69 Å². The zero-order valence-electron chi connectivity index (χ0n) is 8.52. The van der Waals surface area contributed by atoms with Crippen LogP contribution in [0.1, 0.15) is 0 Å². The van der Waals surface area contributed by atoms with Gasteiger partial charge in [-0.1, -0.05) is 0 Å². The van der Waals surface area contributed by atoms with E-state index in [1.54, 1.807) is 11.4 Å². The van der Waals surface area contributed by atoms with Gasteiger partial charge >= 0.3 is 0 Å². The molecule has 0 radical (unpaired) electrons. The van der Waals surface area contributed by atoms with E-state index in [1.165, 1.54) is 22.0 Å². The molecule has 0 atom stereocenters. The van der Waals surface area contributed by atoms with E-state index in [2.05, 4.69) is 4.98 Å². The summed E-state index contributed by atoms with van der Waals surface area (Å²) in [7, 11) is 0. The number of aromatic nitrogens is 2. The molecular formula is C11H7F2N3S. The highest BCUT2D eigenvalue weighted by molar-refractivity contribution is 7.08. The Morgan fingerprint density at radius 2 is 2.06 bits per heavy atom. The molecule has 6 heteroatoms. The summed E-state index contributed by atoms with van der Waals surface area (Å²) in [5.74, 6) is -1.70. The molecule has 0 aliphatic heterocycles. The van der Waals surface area contributed by atoms with Gasteiger partial charge < -0.3 is 5.73 Å². The zero-order valence-corrected chi connectivity index (χ0v) is 9.34. The first-order chi connectivity index (χ1) is 8.18. The van der Waals surface area contributed by atoms with Gasteiger partial charge in [0, 0.05) is 5.38 Å². The summed E-state index contributed by atoms with van der Waals surface area (Å²) in [4.78, 5) is 4.01. The molecule has 17 heavy (non-hydrogen) atoms. The van der Waals surface area contributed by atoms with Gasteiger partial charge in [0.1, 0.15) is 5.52 Å². The lowest BCUT2D eigenvalue weighted by molar-refractivity contribution is 0.514. The maximum absolute atomic E-state index is 13.8. The number of thiophene rings is 1. The summed E-state index contributed by atoms with van der Waals surface area (Å²) < 4.78 is 28.4. The molecule has 2 aromatic heterocycles. The number of hydrogen-bond donors (Lipinski definition) is 1. The van der Waals surface area contributed by atoms with Gasteiger partial charge in [0.15, 0.2) is 11.6 Å². The Hall–Kier alpha value is -1.95. The second-order valence-electron chi connectivity index (χ2n) is 3.52. The molecule has 0 aliphatic carbocycles. The number of nitrogens with zero attached hydrogens (tertiary/aromatic N) is 2. The third-order valence-corrected chi connectivity index (χ3v) is 3.17. The smallest absolute Gasteiger partial charge is 0.206 e. The fraction of sp³-hybridized carbons (Fsp3) is 0. The van der Waals surface area contributed by atoms with Crippen LogP contribution in [0.25, 0.3) is 16.7 Å². The van der Waals surface area contributed by atoms with Crippen molar-refractivity contribution in [2.45, 2.75) is 0 Å². The Labute approximate surface area is 99.1 Å². The molecule has 0 bridgehead atoms. The Kier molecular flexibility index (Phi) is 2.12. The minimum Gasteiger partial charge on any atom is -0.369 e. The topological polar surface area (TPSA) is 43.8 Å². The number of benzene rings is 1. The normalized spacial score (nSPS) is 11.2. The van der Waals surface area contributed by atoms with Crippen LogP contribution in [-0.4, -0.2) is 9.55 Å². The van der Waals surface area contributed by atoms with E-state index < -0.39 is 11.6 Å². The van der Waals surface area contributed by atoms with Crippen LogP contribution in [0.4, 0.5) is 14.7 Å². The maximum Gasteiger partial charge on any atom is 0.206 e. The Morgan fingerprint density at radius 1 is 1.24 bits per heavy atom. The number of anilines is 1. The number of imidazole rings is 1. The molecule has 3 rings (SSSR count). The molecule has 2 heterocycles. The van der Waals surface area contributed by atoms with Crippen molar-refractivity contribution in [1.29, 1.82) is 0 Å². The molecular weight excluding hydrogens is 244 g/mol. The van der Waals surface area contributed by atoms with Crippen LogP contribution in [0.5, 0.6) is 0 Å². The standard InChI is InChI=1S/C11H7F2N3S/c12-7-1-2-8-10(9(7)13)16(11(14)15-8)6-3-4-17-5-6/h1-5H,(H2,14,15). The number of rotatable bonds is 1. The molecule has 0 saturated carbocycles. The first-order valence-electron chi connectivity index (χ1n) is 4.83. The van der Waals surface area contributed by atoms with Crippen LogP contribution < -0.4 is 5.73 Å². The van der Waals surface area contributed by atoms with Crippen molar-refractivity contribution in [3.05, 3.63) is 40.6 Å². The fourth-order valence-electron chi connectivity index (χ4n) is 1.77. The number of halogens is 2. The number of nitrogens with two attached hydrogens (primary N) is 1. The van der Waals surface area contributed by atoms with Gasteiger partial charge in [-0.25, -0.2) is 13.8 Å². The predicted octanol–water partition coefficient (Wildman–Crippen LogP) is 2.95. The predicted molar refractivity (Wildman–Crippen MR) is 63.3 cm³/mol. The van der Waals surface area contributed by atoms with Crippen LogP contribution >= 0.6 is 11.3 Å². The highest BCUT2D eigenvalue weighted by Gasteiger charge is 2.17. The summed E-state index contributed by atoms with van der Waals surface area (Å²) in [5.41, 5.74) is 6.82. The zero-order chi connectivity index (χ0) is 12.0. The summed E-state index contributed by atoms with van der Waals surface area (Å²) in [5, 5.41) is 3.62. The second kappa shape index (κ2) is 3.53. The minimum atomic E-state index is -0.932. The summed E-state index contributed by atoms with van der Waals surface area (Å²) >= 11 is 1.44. The van der Waals surface area contributed by atoms with Crippen LogP contribution in [-0.2, 0) is 0 Å². The molecule has 0 amide bonds. The van der Waals surface area contributed by atoms with E-state index >= 15 is 0 Å². The fourth-order valence-corrected chi connectivity index (χ4v) is 2.39. The molecule has 1 aromatic carbocycles. The van der Waals surface area contributed by atoms with Crippen molar-refractivity contribution in [2.75, 3.05) is 5.73 Å². The Morgan fingerprint density at radius 3 is 2.76 bits per heavy atom.